The van der Waals surface area contributed by atoms with Crippen molar-refractivity contribution in [2.45, 2.75) is 38.8 Å². The maximum absolute atomic E-state index is 12.9. The number of nitrogens with zero attached hydrogens (tertiary/aromatic N) is 1. The third-order valence-electron chi connectivity index (χ3n) is 4.99. The topological polar surface area (TPSA) is 84.9 Å². The van der Waals surface area contributed by atoms with E-state index >= 15 is 0 Å². The molecule has 0 spiro atoms. The van der Waals surface area contributed by atoms with Crippen molar-refractivity contribution in [3.05, 3.63) is 53.6 Å². The van der Waals surface area contributed by atoms with Crippen LogP contribution in [0, 0.1) is 6.92 Å². The fraction of sp³-hybridized carbons (Fsp3) is 0.409. The van der Waals surface area contributed by atoms with Crippen LogP contribution in [0.3, 0.4) is 0 Å². The first kappa shape index (κ1) is 22.0. The molecule has 0 saturated carbocycles. The predicted molar refractivity (Wildman–Crippen MR) is 117 cm³/mol. The Balaban J connectivity index is 1.85. The van der Waals surface area contributed by atoms with Gasteiger partial charge >= 0.3 is 0 Å². The van der Waals surface area contributed by atoms with Gasteiger partial charge in [-0.2, -0.15) is 0 Å². The molecule has 1 amide bonds. The van der Waals surface area contributed by atoms with Crippen molar-refractivity contribution < 1.29 is 22.7 Å². The minimum Gasteiger partial charge on any atom is -0.497 e. The number of hydrogen-bond acceptors (Lipinski definition) is 5. The Morgan fingerprint density at radius 2 is 2.00 bits per heavy atom. The van der Waals surface area contributed by atoms with Crippen LogP contribution < -0.4 is 19.1 Å². The second-order valence-electron chi connectivity index (χ2n) is 8.20. The van der Waals surface area contributed by atoms with Crippen LogP contribution in [0.25, 0.3) is 0 Å². The van der Waals surface area contributed by atoms with Crippen molar-refractivity contribution in [2.24, 2.45) is 0 Å². The molecule has 1 aliphatic heterocycles. The highest BCUT2D eigenvalue weighted by Gasteiger charge is 2.35. The molecule has 2 aromatic rings. The van der Waals surface area contributed by atoms with E-state index in [1.54, 1.807) is 24.3 Å². The summed E-state index contributed by atoms with van der Waals surface area (Å²) in [6.45, 7) is 5.58. The van der Waals surface area contributed by atoms with E-state index in [1.807, 2.05) is 39.0 Å². The molecule has 1 atom stereocenters. The number of methoxy groups -OCH3 is 1. The van der Waals surface area contributed by atoms with Crippen molar-refractivity contribution in [2.75, 3.05) is 24.2 Å². The number of anilines is 1. The Morgan fingerprint density at radius 1 is 1.27 bits per heavy atom. The predicted octanol–water partition coefficient (Wildman–Crippen LogP) is 3.19. The largest absolute Gasteiger partial charge is 0.497 e. The quantitative estimate of drug-likeness (QED) is 0.758. The SMILES string of the molecule is COc1cccc(N(CC(=O)NC2CC(C)(C)Oc3ccc(C)cc32)S(C)(=O)=O)c1. The minimum absolute atomic E-state index is 0.275. The van der Waals surface area contributed by atoms with Gasteiger partial charge in [0.1, 0.15) is 23.6 Å². The monoisotopic (exact) mass is 432 g/mol. The summed E-state index contributed by atoms with van der Waals surface area (Å²) >= 11 is 0. The van der Waals surface area contributed by atoms with Gasteiger partial charge in [0.05, 0.1) is 25.1 Å². The second kappa shape index (κ2) is 8.18. The van der Waals surface area contributed by atoms with Crippen molar-refractivity contribution in [3.8, 4) is 11.5 Å². The van der Waals surface area contributed by atoms with Crippen LogP contribution in [-0.2, 0) is 14.8 Å². The van der Waals surface area contributed by atoms with E-state index in [0.29, 0.717) is 17.9 Å². The minimum atomic E-state index is -3.68. The lowest BCUT2D eigenvalue weighted by Gasteiger charge is -2.38. The molecule has 0 radical (unpaired) electrons. The zero-order chi connectivity index (χ0) is 22.1. The summed E-state index contributed by atoms with van der Waals surface area (Å²) in [4.78, 5) is 12.9. The molecule has 162 valence electrons. The molecule has 0 aromatic heterocycles. The van der Waals surface area contributed by atoms with Gasteiger partial charge in [-0.25, -0.2) is 8.42 Å². The molecule has 8 heteroatoms. The first-order chi connectivity index (χ1) is 14.0. The van der Waals surface area contributed by atoms with Crippen LogP contribution in [-0.4, -0.2) is 39.8 Å². The summed E-state index contributed by atoms with van der Waals surface area (Å²) < 4.78 is 37.1. The van der Waals surface area contributed by atoms with Crippen LogP contribution in [0.2, 0.25) is 0 Å². The summed E-state index contributed by atoms with van der Waals surface area (Å²) in [6.07, 6.45) is 1.66. The van der Waals surface area contributed by atoms with Crippen LogP contribution in [0.4, 0.5) is 5.69 Å². The van der Waals surface area contributed by atoms with Gasteiger partial charge in [-0.15, -0.1) is 0 Å². The molecule has 3 rings (SSSR count). The molecule has 1 heterocycles. The first-order valence-corrected chi connectivity index (χ1v) is 11.5. The molecule has 0 fully saturated rings. The summed E-state index contributed by atoms with van der Waals surface area (Å²) in [5.74, 6) is 0.852. The molecule has 2 aromatic carbocycles. The Hall–Kier alpha value is -2.74. The number of carbonyl (C=O) groups excluding carboxylic acids is 1. The molecular formula is C22H28N2O5S. The van der Waals surface area contributed by atoms with Gasteiger partial charge in [-0.05, 0) is 39.0 Å². The van der Waals surface area contributed by atoms with Crippen LogP contribution >= 0.6 is 0 Å². The second-order valence-corrected chi connectivity index (χ2v) is 10.1. The van der Waals surface area contributed by atoms with E-state index in [0.717, 1.165) is 27.4 Å². The first-order valence-electron chi connectivity index (χ1n) is 9.69. The number of benzene rings is 2. The molecule has 1 aliphatic rings. The number of amides is 1. The van der Waals surface area contributed by atoms with Crippen molar-refractivity contribution in [1.29, 1.82) is 0 Å². The fourth-order valence-corrected chi connectivity index (χ4v) is 4.49. The molecule has 0 aliphatic carbocycles. The molecule has 30 heavy (non-hydrogen) atoms. The lowest BCUT2D eigenvalue weighted by atomic mass is 9.89. The average molecular weight is 433 g/mol. The van der Waals surface area contributed by atoms with E-state index in [9.17, 15) is 13.2 Å². The van der Waals surface area contributed by atoms with Crippen molar-refractivity contribution >= 4 is 21.6 Å². The van der Waals surface area contributed by atoms with E-state index in [1.165, 1.54) is 7.11 Å². The summed E-state index contributed by atoms with van der Waals surface area (Å²) in [7, 11) is -2.17. The summed E-state index contributed by atoms with van der Waals surface area (Å²) in [5.41, 5.74) is 1.87. The van der Waals surface area contributed by atoms with E-state index in [4.69, 9.17) is 9.47 Å². The molecule has 1 N–H and O–H groups in total. The highest BCUT2D eigenvalue weighted by molar-refractivity contribution is 7.92. The number of carbonyl (C=O) groups is 1. The summed E-state index contributed by atoms with van der Waals surface area (Å²) in [6, 6.07) is 12.2. The van der Waals surface area contributed by atoms with Gasteiger partial charge < -0.3 is 14.8 Å². The molecular weight excluding hydrogens is 404 g/mol. The molecule has 0 saturated heterocycles. The van der Waals surface area contributed by atoms with Crippen LogP contribution in [0.5, 0.6) is 11.5 Å². The number of fused-ring (bicyclic) bond motifs is 1. The lowest BCUT2D eigenvalue weighted by molar-refractivity contribution is -0.120. The lowest BCUT2D eigenvalue weighted by Crippen LogP contribution is -2.45. The Bertz CT molecular complexity index is 1050. The summed E-state index contributed by atoms with van der Waals surface area (Å²) in [5, 5.41) is 3.00. The number of rotatable bonds is 6. The molecule has 7 nitrogen and oxygen atoms in total. The third kappa shape index (κ3) is 5.05. The normalized spacial score (nSPS) is 17.4. The van der Waals surface area contributed by atoms with Gasteiger partial charge in [0.25, 0.3) is 0 Å². The van der Waals surface area contributed by atoms with Crippen LogP contribution in [0.15, 0.2) is 42.5 Å². The maximum atomic E-state index is 12.9. The maximum Gasteiger partial charge on any atom is 0.241 e. The highest BCUT2D eigenvalue weighted by Crippen LogP contribution is 2.39. The number of ether oxygens (including phenoxy) is 2. The number of nitrogens with one attached hydrogen (secondary N) is 1. The van der Waals surface area contributed by atoms with E-state index in [2.05, 4.69) is 5.32 Å². The fourth-order valence-electron chi connectivity index (χ4n) is 3.64. The Kier molecular flexibility index (Phi) is 5.99. The average Bonchev–Trinajstić information content (AvgIpc) is 2.65. The van der Waals surface area contributed by atoms with E-state index in [-0.39, 0.29) is 12.6 Å². The number of aryl methyl sites for hydroxylation is 1. The number of hydrogen-bond donors (Lipinski definition) is 1. The Morgan fingerprint density at radius 3 is 2.67 bits per heavy atom. The van der Waals surface area contributed by atoms with Gasteiger partial charge in [-0.3, -0.25) is 9.10 Å². The highest BCUT2D eigenvalue weighted by atomic mass is 32.2. The van der Waals surface area contributed by atoms with Crippen LogP contribution in [0.1, 0.15) is 37.4 Å². The van der Waals surface area contributed by atoms with Crippen molar-refractivity contribution in [3.63, 3.8) is 0 Å². The van der Waals surface area contributed by atoms with Gasteiger partial charge in [0, 0.05) is 18.1 Å². The van der Waals surface area contributed by atoms with Crippen molar-refractivity contribution in [1.82, 2.24) is 5.32 Å². The Labute approximate surface area is 178 Å². The standard InChI is InChI=1S/C22H28N2O5S/c1-15-9-10-20-18(11-15)19(13-22(2,3)29-20)23-21(25)14-24(30(5,26)27)16-7-6-8-17(12-16)28-4/h6-12,19H,13-14H2,1-5H3,(H,23,25). The van der Waals surface area contributed by atoms with Gasteiger partial charge in [0.15, 0.2) is 0 Å². The van der Waals surface area contributed by atoms with Gasteiger partial charge in [0.2, 0.25) is 15.9 Å². The number of sulfonamides is 1. The van der Waals surface area contributed by atoms with E-state index < -0.39 is 21.5 Å². The third-order valence-corrected chi connectivity index (χ3v) is 6.13. The zero-order valence-electron chi connectivity index (χ0n) is 17.9. The molecule has 0 bridgehead atoms. The molecule has 1 unspecified atom stereocenters. The van der Waals surface area contributed by atoms with Gasteiger partial charge in [-0.1, -0.05) is 23.8 Å². The zero-order valence-corrected chi connectivity index (χ0v) is 18.7. The smallest absolute Gasteiger partial charge is 0.241 e.